The Morgan fingerprint density at radius 2 is 2.18 bits per heavy atom. The maximum absolute atomic E-state index is 5.49. The Hall–Kier alpha value is -1.71. The minimum absolute atomic E-state index is 0.906. The van der Waals surface area contributed by atoms with E-state index in [1.54, 1.807) is 7.11 Å². The number of hydrogen-bond acceptors (Lipinski definition) is 4. The third-order valence-electron chi connectivity index (χ3n) is 3.67. The smallest absolute Gasteiger partial charge is 0.119 e. The first-order chi connectivity index (χ1) is 8.33. The van der Waals surface area contributed by atoms with Crippen molar-refractivity contribution in [3.8, 4) is 5.75 Å². The van der Waals surface area contributed by atoms with E-state index < -0.39 is 0 Å². The van der Waals surface area contributed by atoms with E-state index in [0.717, 1.165) is 43.0 Å². The van der Waals surface area contributed by atoms with Crippen LogP contribution in [0.5, 0.6) is 5.75 Å². The van der Waals surface area contributed by atoms with Crippen LogP contribution in [0.1, 0.15) is 24.0 Å². The number of anilines is 1. The lowest BCUT2D eigenvalue weighted by molar-refractivity contribution is 0.413. The fraction of sp³-hybridized carbons (Fsp3) is 0.462. The van der Waals surface area contributed by atoms with Gasteiger partial charge in [-0.1, -0.05) is 0 Å². The molecule has 17 heavy (non-hydrogen) atoms. The van der Waals surface area contributed by atoms with Crippen LogP contribution >= 0.6 is 0 Å². The standard InChI is InChI=1S/C13H17N3O/c1-17-10-7-9-3-2-5-16-6-4-12(15-14)11(8-10)13(9)16/h7-8H,2-6,14H2,1H3/b15-12-. The number of nitrogens with zero attached hydrogens (tertiary/aromatic N) is 2. The fourth-order valence-electron chi connectivity index (χ4n) is 2.87. The molecular formula is C13H17N3O. The molecule has 3 rings (SSSR count). The van der Waals surface area contributed by atoms with Crippen molar-refractivity contribution in [1.82, 2.24) is 0 Å². The zero-order chi connectivity index (χ0) is 11.8. The van der Waals surface area contributed by atoms with Gasteiger partial charge in [0.25, 0.3) is 0 Å². The quantitative estimate of drug-likeness (QED) is 0.589. The van der Waals surface area contributed by atoms with Crippen LogP contribution in [0, 0.1) is 0 Å². The van der Waals surface area contributed by atoms with E-state index >= 15 is 0 Å². The number of rotatable bonds is 1. The number of methoxy groups -OCH3 is 1. The highest BCUT2D eigenvalue weighted by Crippen LogP contribution is 2.38. The zero-order valence-corrected chi connectivity index (χ0v) is 10.1. The van der Waals surface area contributed by atoms with Crippen molar-refractivity contribution in [2.45, 2.75) is 19.3 Å². The van der Waals surface area contributed by atoms with Crippen molar-refractivity contribution in [3.05, 3.63) is 23.3 Å². The van der Waals surface area contributed by atoms with Crippen molar-refractivity contribution >= 4 is 11.4 Å². The molecule has 2 heterocycles. The third kappa shape index (κ3) is 1.55. The molecule has 0 spiro atoms. The summed E-state index contributed by atoms with van der Waals surface area (Å²) in [5.74, 6) is 6.40. The summed E-state index contributed by atoms with van der Waals surface area (Å²) in [6.45, 7) is 2.17. The van der Waals surface area contributed by atoms with Gasteiger partial charge in [0.15, 0.2) is 0 Å². The molecule has 0 unspecified atom stereocenters. The molecule has 0 saturated heterocycles. The minimum Gasteiger partial charge on any atom is -0.497 e. The predicted octanol–water partition coefficient (Wildman–Crippen LogP) is 1.51. The molecule has 0 radical (unpaired) electrons. The highest BCUT2D eigenvalue weighted by molar-refractivity contribution is 6.08. The van der Waals surface area contributed by atoms with Gasteiger partial charge in [-0.25, -0.2) is 0 Å². The second kappa shape index (κ2) is 3.95. The first-order valence-corrected chi connectivity index (χ1v) is 6.06. The molecule has 0 fully saturated rings. The topological polar surface area (TPSA) is 50.9 Å². The van der Waals surface area contributed by atoms with Gasteiger partial charge in [-0.3, -0.25) is 0 Å². The molecule has 90 valence electrons. The van der Waals surface area contributed by atoms with Crippen LogP contribution in [-0.4, -0.2) is 25.9 Å². The van der Waals surface area contributed by atoms with Crippen LogP contribution in [0.25, 0.3) is 0 Å². The molecule has 0 bridgehead atoms. The molecule has 0 amide bonds. The monoisotopic (exact) mass is 231 g/mol. The van der Waals surface area contributed by atoms with Crippen LogP contribution in [0.4, 0.5) is 5.69 Å². The van der Waals surface area contributed by atoms with Gasteiger partial charge >= 0.3 is 0 Å². The number of nitrogens with two attached hydrogens (primary N) is 1. The van der Waals surface area contributed by atoms with Gasteiger partial charge in [0.2, 0.25) is 0 Å². The van der Waals surface area contributed by atoms with Gasteiger partial charge in [0.1, 0.15) is 5.75 Å². The van der Waals surface area contributed by atoms with E-state index in [4.69, 9.17) is 10.6 Å². The Bertz CT molecular complexity index is 482. The van der Waals surface area contributed by atoms with E-state index in [-0.39, 0.29) is 0 Å². The molecule has 2 aliphatic rings. The van der Waals surface area contributed by atoms with Gasteiger partial charge in [-0.05, 0) is 30.5 Å². The summed E-state index contributed by atoms with van der Waals surface area (Å²) >= 11 is 0. The molecule has 1 aromatic carbocycles. The first kappa shape index (κ1) is 10.4. The van der Waals surface area contributed by atoms with Gasteiger partial charge in [-0.2, -0.15) is 5.10 Å². The average molecular weight is 231 g/mol. The molecule has 4 nitrogen and oxygen atoms in total. The Labute approximate surface area is 101 Å². The normalized spacial score (nSPS) is 20.3. The van der Waals surface area contributed by atoms with Crippen LogP contribution in [0.15, 0.2) is 17.2 Å². The summed E-state index contributed by atoms with van der Waals surface area (Å²) in [6, 6.07) is 4.20. The van der Waals surface area contributed by atoms with Crippen LogP contribution < -0.4 is 15.5 Å². The van der Waals surface area contributed by atoms with Crippen LogP contribution in [-0.2, 0) is 6.42 Å². The maximum Gasteiger partial charge on any atom is 0.119 e. The van der Waals surface area contributed by atoms with Crippen LogP contribution in [0.2, 0.25) is 0 Å². The molecule has 0 aliphatic carbocycles. The molecule has 0 atom stereocenters. The Morgan fingerprint density at radius 3 is 2.94 bits per heavy atom. The summed E-state index contributed by atoms with van der Waals surface area (Å²) in [7, 11) is 1.71. The lowest BCUT2D eigenvalue weighted by Crippen LogP contribution is -2.37. The van der Waals surface area contributed by atoms with Crippen LogP contribution in [0.3, 0.4) is 0 Å². The lowest BCUT2D eigenvalue weighted by atomic mass is 9.90. The summed E-state index contributed by atoms with van der Waals surface area (Å²) in [4.78, 5) is 2.45. The van der Waals surface area contributed by atoms with E-state index in [0.29, 0.717) is 0 Å². The van der Waals surface area contributed by atoms with E-state index in [1.807, 2.05) is 0 Å². The van der Waals surface area contributed by atoms with Gasteiger partial charge in [0.05, 0.1) is 12.8 Å². The predicted molar refractivity (Wildman–Crippen MR) is 68.9 cm³/mol. The van der Waals surface area contributed by atoms with Crippen molar-refractivity contribution in [2.75, 3.05) is 25.1 Å². The average Bonchev–Trinajstić information content (AvgIpc) is 2.39. The maximum atomic E-state index is 5.49. The second-order valence-corrected chi connectivity index (χ2v) is 4.60. The van der Waals surface area contributed by atoms with Gasteiger partial charge < -0.3 is 15.5 Å². The summed E-state index contributed by atoms with van der Waals surface area (Å²) in [5, 5.41) is 3.93. The molecule has 2 N–H and O–H groups in total. The lowest BCUT2D eigenvalue weighted by Gasteiger charge is -2.37. The number of hydrogen-bond donors (Lipinski definition) is 1. The largest absolute Gasteiger partial charge is 0.497 e. The fourth-order valence-corrected chi connectivity index (χ4v) is 2.87. The van der Waals surface area contributed by atoms with E-state index in [1.165, 1.54) is 17.7 Å². The molecular weight excluding hydrogens is 214 g/mol. The Balaban J connectivity index is 2.22. The number of ether oxygens (including phenoxy) is 1. The second-order valence-electron chi connectivity index (χ2n) is 4.60. The van der Waals surface area contributed by atoms with Crippen molar-refractivity contribution in [3.63, 3.8) is 0 Å². The van der Waals surface area contributed by atoms with Crippen molar-refractivity contribution < 1.29 is 4.74 Å². The molecule has 4 heteroatoms. The highest BCUT2D eigenvalue weighted by atomic mass is 16.5. The molecule has 0 saturated carbocycles. The Morgan fingerprint density at radius 1 is 1.29 bits per heavy atom. The molecule has 0 aromatic heterocycles. The molecule has 2 aliphatic heterocycles. The molecule has 1 aromatic rings. The third-order valence-corrected chi connectivity index (χ3v) is 3.67. The number of aryl methyl sites for hydroxylation is 1. The van der Waals surface area contributed by atoms with Gasteiger partial charge in [-0.15, -0.1) is 0 Å². The number of hydrazone groups is 1. The van der Waals surface area contributed by atoms with Crippen molar-refractivity contribution in [1.29, 1.82) is 0 Å². The summed E-state index contributed by atoms with van der Waals surface area (Å²) < 4.78 is 5.36. The SMILES string of the molecule is COc1cc2c3c(c1)/C(=N\N)CCN3CCC2. The summed E-state index contributed by atoms with van der Waals surface area (Å²) in [6.07, 6.45) is 3.26. The number of benzene rings is 1. The Kier molecular flexibility index (Phi) is 2.42. The van der Waals surface area contributed by atoms with E-state index in [9.17, 15) is 0 Å². The first-order valence-electron chi connectivity index (χ1n) is 6.06. The zero-order valence-electron chi connectivity index (χ0n) is 10.1. The van der Waals surface area contributed by atoms with Gasteiger partial charge in [0, 0.05) is 30.8 Å². The van der Waals surface area contributed by atoms with Crippen molar-refractivity contribution in [2.24, 2.45) is 10.9 Å². The minimum atomic E-state index is 0.906. The highest BCUT2D eigenvalue weighted by Gasteiger charge is 2.27. The van der Waals surface area contributed by atoms with E-state index in [2.05, 4.69) is 22.1 Å². The summed E-state index contributed by atoms with van der Waals surface area (Å²) in [5.41, 5.74) is 4.85.